The normalized spacial score (nSPS) is 10.2. The summed E-state index contributed by atoms with van der Waals surface area (Å²) < 4.78 is 5.42. The van der Waals surface area contributed by atoms with Crippen LogP contribution in [0.2, 0.25) is 5.02 Å². The van der Waals surface area contributed by atoms with Gasteiger partial charge in [0.1, 0.15) is 5.02 Å². The maximum atomic E-state index is 10.9. The van der Waals surface area contributed by atoms with Gasteiger partial charge in [-0.05, 0) is 24.3 Å². The van der Waals surface area contributed by atoms with Crippen molar-refractivity contribution in [3.63, 3.8) is 0 Å². The zero-order valence-electron chi connectivity index (χ0n) is 9.95. The number of ether oxygens (including phenoxy) is 1. The van der Waals surface area contributed by atoms with Crippen molar-refractivity contribution in [1.29, 1.82) is 0 Å². The summed E-state index contributed by atoms with van der Waals surface area (Å²) in [5, 5.41) is 11.0. The predicted molar refractivity (Wildman–Crippen MR) is 71.5 cm³/mol. The molecule has 0 fully saturated rings. The molecule has 2 rings (SSSR count). The summed E-state index contributed by atoms with van der Waals surface area (Å²) in [6.45, 7) is 0.304. The second-order valence-corrected chi connectivity index (χ2v) is 4.17. The Morgan fingerprint density at radius 1 is 1.26 bits per heavy atom. The fourth-order valence-corrected chi connectivity index (χ4v) is 1.84. The van der Waals surface area contributed by atoms with Crippen LogP contribution in [0.4, 0.5) is 5.69 Å². The van der Waals surface area contributed by atoms with E-state index < -0.39 is 4.92 Å². The van der Waals surface area contributed by atoms with Gasteiger partial charge in [-0.3, -0.25) is 15.1 Å². The third-order valence-electron chi connectivity index (χ3n) is 2.47. The molecule has 2 aromatic rings. The summed E-state index contributed by atoms with van der Waals surface area (Å²) in [6.07, 6.45) is 2.27. The largest absolute Gasteiger partial charge is 0.486 e. The molecule has 98 valence electrons. The van der Waals surface area contributed by atoms with Gasteiger partial charge < -0.3 is 4.74 Å². The van der Waals surface area contributed by atoms with E-state index in [0.29, 0.717) is 13.0 Å². The SMILES string of the molecule is O=[N+]([O-])c1c(Cl)cccc1OCCc1ccccn1. The molecule has 0 saturated carbocycles. The van der Waals surface area contributed by atoms with Crippen molar-refractivity contribution in [2.75, 3.05) is 6.61 Å². The lowest BCUT2D eigenvalue weighted by Crippen LogP contribution is -2.04. The smallest absolute Gasteiger partial charge is 0.329 e. The minimum atomic E-state index is -0.543. The quantitative estimate of drug-likeness (QED) is 0.622. The number of aromatic nitrogens is 1. The molecule has 1 aromatic carbocycles. The first-order valence-electron chi connectivity index (χ1n) is 5.64. The van der Waals surface area contributed by atoms with Gasteiger partial charge in [0.15, 0.2) is 5.75 Å². The average Bonchev–Trinajstić information content (AvgIpc) is 2.39. The van der Waals surface area contributed by atoms with Crippen molar-refractivity contribution in [3.05, 3.63) is 63.4 Å². The van der Waals surface area contributed by atoms with E-state index in [1.165, 1.54) is 12.1 Å². The third-order valence-corrected chi connectivity index (χ3v) is 2.78. The van der Waals surface area contributed by atoms with Crippen LogP contribution in [0.15, 0.2) is 42.6 Å². The standard InChI is InChI=1S/C13H11ClN2O3/c14-11-5-3-6-12(13(11)16(17)18)19-9-7-10-4-1-2-8-15-10/h1-6,8H,7,9H2. The highest BCUT2D eigenvalue weighted by molar-refractivity contribution is 6.32. The van der Waals surface area contributed by atoms with Crippen LogP contribution in [0.25, 0.3) is 0 Å². The molecule has 0 saturated heterocycles. The van der Waals surface area contributed by atoms with Crippen LogP contribution >= 0.6 is 11.6 Å². The minimum Gasteiger partial charge on any atom is -0.486 e. The number of hydrogen-bond donors (Lipinski definition) is 0. The van der Waals surface area contributed by atoms with E-state index in [0.717, 1.165) is 5.69 Å². The molecular weight excluding hydrogens is 268 g/mol. The van der Waals surface area contributed by atoms with Gasteiger partial charge in [-0.2, -0.15) is 0 Å². The second kappa shape index (κ2) is 6.15. The molecule has 1 aromatic heterocycles. The van der Waals surface area contributed by atoms with Crippen LogP contribution in [0.3, 0.4) is 0 Å². The summed E-state index contributed by atoms with van der Waals surface area (Å²) in [4.78, 5) is 14.5. The molecule has 19 heavy (non-hydrogen) atoms. The highest BCUT2D eigenvalue weighted by atomic mass is 35.5. The summed E-state index contributed by atoms with van der Waals surface area (Å²) in [6, 6.07) is 10.2. The van der Waals surface area contributed by atoms with E-state index in [2.05, 4.69) is 4.98 Å². The lowest BCUT2D eigenvalue weighted by atomic mass is 10.3. The number of pyridine rings is 1. The molecule has 0 aliphatic heterocycles. The number of rotatable bonds is 5. The molecule has 0 atom stereocenters. The number of para-hydroxylation sites is 1. The van der Waals surface area contributed by atoms with Crippen molar-refractivity contribution in [1.82, 2.24) is 4.98 Å². The van der Waals surface area contributed by atoms with Crippen LogP contribution in [0, 0.1) is 10.1 Å². The number of benzene rings is 1. The molecule has 5 nitrogen and oxygen atoms in total. The van der Waals surface area contributed by atoms with Crippen LogP contribution < -0.4 is 4.74 Å². The number of nitro groups is 1. The van der Waals surface area contributed by atoms with Crippen LogP contribution in [0.1, 0.15) is 5.69 Å². The van der Waals surface area contributed by atoms with Crippen molar-refractivity contribution in [2.45, 2.75) is 6.42 Å². The summed E-state index contributed by atoms with van der Waals surface area (Å²) in [5.41, 5.74) is 0.664. The fraction of sp³-hybridized carbons (Fsp3) is 0.154. The minimum absolute atomic E-state index is 0.0698. The molecule has 0 unspecified atom stereocenters. The first-order valence-corrected chi connectivity index (χ1v) is 6.02. The maximum absolute atomic E-state index is 10.9. The first-order chi connectivity index (χ1) is 9.18. The van der Waals surface area contributed by atoms with E-state index in [1.54, 1.807) is 12.3 Å². The van der Waals surface area contributed by atoms with Gasteiger partial charge in [0, 0.05) is 18.3 Å². The lowest BCUT2D eigenvalue weighted by molar-refractivity contribution is -0.385. The molecule has 0 amide bonds. The summed E-state index contributed by atoms with van der Waals surface area (Å²) in [7, 11) is 0. The Labute approximate surface area is 115 Å². The molecule has 0 aliphatic carbocycles. The number of hydrogen-bond acceptors (Lipinski definition) is 4. The summed E-state index contributed by atoms with van der Waals surface area (Å²) in [5.74, 6) is 0.174. The highest BCUT2D eigenvalue weighted by Gasteiger charge is 2.19. The van der Waals surface area contributed by atoms with Crippen molar-refractivity contribution in [3.8, 4) is 5.75 Å². The lowest BCUT2D eigenvalue weighted by Gasteiger charge is -2.07. The molecule has 0 N–H and O–H groups in total. The molecule has 0 aliphatic rings. The van der Waals surface area contributed by atoms with E-state index in [4.69, 9.17) is 16.3 Å². The van der Waals surface area contributed by atoms with Crippen LogP contribution in [-0.4, -0.2) is 16.5 Å². The van der Waals surface area contributed by atoms with Gasteiger partial charge in [-0.15, -0.1) is 0 Å². The fourth-order valence-electron chi connectivity index (χ4n) is 1.60. The molecule has 1 heterocycles. The van der Waals surface area contributed by atoms with Crippen LogP contribution in [-0.2, 0) is 6.42 Å². The van der Waals surface area contributed by atoms with Gasteiger partial charge in [-0.25, -0.2) is 0 Å². The van der Waals surface area contributed by atoms with Crippen molar-refractivity contribution >= 4 is 17.3 Å². The van der Waals surface area contributed by atoms with Gasteiger partial charge >= 0.3 is 5.69 Å². The second-order valence-electron chi connectivity index (χ2n) is 3.76. The molecular formula is C13H11ClN2O3. The zero-order valence-corrected chi connectivity index (χ0v) is 10.7. The van der Waals surface area contributed by atoms with E-state index in [-0.39, 0.29) is 16.5 Å². The molecule has 0 bridgehead atoms. The maximum Gasteiger partial charge on any atom is 0.329 e. The monoisotopic (exact) mass is 278 g/mol. The van der Waals surface area contributed by atoms with E-state index in [9.17, 15) is 10.1 Å². The van der Waals surface area contributed by atoms with E-state index >= 15 is 0 Å². The highest BCUT2D eigenvalue weighted by Crippen LogP contribution is 2.34. The Morgan fingerprint density at radius 2 is 2.11 bits per heavy atom. The summed E-state index contributed by atoms with van der Waals surface area (Å²) >= 11 is 5.79. The Hall–Kier alpha value is -2.14. The third kappa shape index (κ3) is 3.42. The van der Waals surface area contributed by atoms with Crippen molar-refractivity contribution in [2.24, 2.45) is 0 Å². The van der Waals surface area contributed by atoms with Gasteiger partial charge in [-0.1, -0.05) is 23.7 Å². The Kier molecular flexibility index (Phi) is 4.30. The average molecular weight is 279 g/mol. The zero-order chi connectivity index (χ0) is 13.7. The van der Waals surface area contributed by atoms with Crippen molar-refractivity contribution < 1.29 is 9.66 Å². The molecule has 0 spiro atoms. The van der Waals surface area contributed by atoms with Crippen LogP contribution in [0.5, 0.6) is 5.75 Å². The Balaban J connectivity index is 2.04. The first kappa shape index (κ1) is 13.3. The molecule has 0 radical (unpaired) electrons. The number of halogens is 1. The van der Waals surface area contributed by atoms with E-state index in [1.807, 2.05) is 18.2 Å². The van der Waals surface area contributed by atoms with Gasteiger partial charge in [0.2, 0.25) is 0 Å². The number of nitrogens with zero attached hydrogens (tertiary/aromatic N) is 2. The number of nitro benzene ring substituents is 1. The Morgan fingerprint density at radius 3 is 2.79 bits per heavy atom. The van der Waals surface area contributed by atoms with Gasteiger partial charge in [0.25, 0.3) is 0 Å². The molecule has 6 heteroatoms. The predicted octanol–water partition coefficient (Wildman–Crippen LogP) is 3.26. The topological polar surface area (TPSA) is 65.3 Å². The Bertz CT molecular complexity index is 575. The van der Waals surface area contributed by atoms with Gasteiger partial charge in [0.05, 0.1) is 11.5 Å².